The van der Waals surface area contributed by atoms with Gasteiger partial charge in [0.1, 0.15) is 11.6 Å². The fourth-order valence-corrected chi connectivity index (χ4v) is 2.00. The van der Waals surface area contributed by atoms with E-state index in [0.717, 1.165) is 11.1 Å². The first kappa shape index (κ1) is 11.0. The summed E-state index contributed by atoms with van der Waals surface area (Å²) in [6.45, 7) is 1.96. The Labute approximate surface area is 108 Å². The van der Waals surface area contributed by atoms with Crippen molar-refractivity contribution in [3.8, 4) is 17.1 Å². The van der Waals surface area contributed by atoms with Crippen LogP contribution in [0.5, 0.6) is 5.75 Å². The number of nitrogens with zero attached hydrogens (tertiary/aromatic N) is 2. The minimum atomic E-state index is 0.0956. The van der Waals surface area contributed by atoms with E-state index in [9.17, 15) is 5.11 Å². The molecule has 2 aromatic heterocycles. The Bertz CT molecular complexity index is 736. The Morgan fingerprint density at radius 2 is 2.11 bits per heavy atom. The second-order valence-corrected chi connectivity index (χ2v) is 4.57. The lowest BCUT2D eigenvalue weighted by molar-refractivity contribution is 0.477. The quantitative estimate of drug-likeness (QED) is 0.705. The first-order chi connectivity index (χ1) is 8.63. The molecule has 0 amide bonds. The largest absolute Gasteiger partial charge is 0.507 e. The van der Waals surface area contributed by atoms with Crippen molar-refractivity contribution in [2.75, 3.05) is 0 Å². The standard InChI is InChI=1S/C13H10ClN3O/c1-7-4-10-13(15-6-7)17-12(16-10)9-3-2-8(14)5-11(9)18/h2-6,18H,1H3,(H,15,16,17). The number of nitrogens with one attached hydrogen (secondary N) is 1. The van der Waals surface area contributed by atoms with Crippen molar-refractivity contribution in [2.24, 2.45) is 0 Å². The summed E-state index contributed by atoms with van der Waals surface area (Å²) < 4.78 is 0. The zero-order valence-electron chi connectivity index (χ0n) is 9.61. The van der Waals surface area contributed by atoms with Crippen LogP contribution in [-0.4, -0.2) is 20.1 Å². The van der Waals surface area contributed by atoms with Crippen LogP contribution < -0.4 is 0 Å². The van der Waals surface area contributed by atoms with Gasteiger partial charge in [0.25, 0.3) is 0 Å². The third-order valence-corrected chi connectivity index (χ3v) is 2.92. The van der Waals surface area contributed by atoms with Crippen molar-refractivity contribution in [3.63, 3.8) is 0 Å². The molecule has 4 nitrogen and oxygen atoms in total. The molecule has 2 heterocycles. The Hall–Kier alpha value is -2.07. The van der Waals surface area contributed by atoms with E-state index >= 15 is 0 Å². The van der Waals surface area contributed by atoms with Crippen LogP contribution in [0.4, 0.5) is 0 Å². The Morgan fingerprint density at radius 1 is 1.28 bits per heavy atom. The van der Waals surface area contributed by atoms with Gasteiger partial charge >= 0.3 is 0 Å². The van der Waals surface area contributed by atoms with Crippen LogP contribution in [-0.2, 0) is 0 Å². The third-order valence-electron chi connectivity index (χ3n) is 2.69. The minimum Gasteiger partial charge on any atom is -0.507 e. The van der Waals surface area contributed by atoms with Crippen molar-refractivity contribution < 1.29 is 5.11 Å². The van der Waals surface area contributed by atoms with Gasteiger partial charge in [-0.2, -0.15) is 0 Å². The number of rotatable bonds is 1. The summed E-state index contributed by atoms with van der Waals surface area (Å²) in [7, 11) is 0. The lowest BCUT2D eigenvalue weighted by atomic mass is 10.2. The highest BCUT2D eigenvalue weighted by molar-refractivity contribution is 6.30. The normalized spacial score (nSPS) is 11.0. The van der Waals surface area contributed by atoms with Gasteiger partial charge in [0.05, 0.1) is 11.1 Å². The number of phenolic OH excluding ortho intramolecular Hbond substituents is 1. The third kappa shape index (κ3) is 1.80. The number of hydrogen-bond acceptors (Lipinski definition) is 3. The molecule has 0 fully saturated rings. The Kier molecular flexibility index (Phi) is 2.45. The zero-order valence-corrected chi connectivity index (χ0v) is 10.4. The van der Waals surface area contributed by atoms with Crippen molar-refractivity contribution >= 4 is 22.8 Å². The summed E-state index contributed by atoms with van der Waals surface area (Å²) in [5.74, 6) is 0.676. The van der Waals surface area contributed by atoms with Gasteiger partial charge in [0.2, 0.25) is 0 Å². The SMILES string of the molecule is Cc1cnc2nc(-c3ccc(Cl)cc3O)[nH]c2c1. The lowest BCUT2D eigenvalue weighted by Crippen LogP contribution is -1.81. The number of pyridine rings is 1. The second kappa shape index (κ2) is 3.99. The second-order valence-electron chi connectivity index (χ2n) is 4.13. The van der Waals surface area contributed by atoms with Crippen LogP contribution in [0.15, 0.2) is 30.5 Å². The van der Waals surface area contributed by atoms with E-state index in [1.807, 2.05) is 13.0 Å². The number of imidazole rings is 1. The van der Waals surface area contributed by atoms with Crippen LogP contribution in [0.2, 0.25) is 5.02 Å². The molecule has 0 unspecified atom stereocenters. The molecule has 0 aliphatic rings. The number of benzene rings is 1. The van der Waals surface area contributed by atoms with Crippen molar-refractivity contribution in [1.29, 1.82) is 0 Å². The van der Waals surface area contributed by atoms with E-state index < -0.39 is 0 Å². The van der Waals surface area contributed by atoms with Crippen molar-refractivity contribution in [3.05, 3.63) is 41.0 Å². The molecule has 0 spiro atoms. The van der Waals surface area contributed by atoms with E-state index in [2.05, 4.69) is 15.0 Å². The van der Waals surface area contributed by atoms with E-state index in [1.165, 1.54) is 6.07 Å². The summed E-state index contributed by atoms with van der Waals surface area (Å²) in [4.78, 5) is 11.7. The number of H-pyrrole nitrogens is 1. The number of halogens is 1. The molecule has 1 aromatic carbocycles. The van der Waals surface area contributed by atoms with E-state index in [1.54, 1.807) is 18.3 Å². The van der Waals surface area contributed by atoms with Gasteiger partial charge in [-0.3, -0.25) is 0 Å². The van der Waals surface area contributed by atoms with E-state index in [4.69, 9.17) is 11.6 Å². The summed E-state index contributed by atoms with van der Waals surface area (Å²) in [5, 5.41) is 10.3. The van der Waals surface area contributed by atoms with E-state index in [0.29, 0.717) is 22.1 Å². The van der Waals surface area contributed by atoms with Gasteiger partial charge in [-0.1, -0.05) is 11.6 Å². The van der Waals surface area contributed by atoms with Crippen molar-refractivity contribution in [1.82, 2.24) is 15.0 Å². The van der Waals surface area contributed by atoms with Crippen molar-refractivity contribution in [2.45, 2.75) is 6.92 Å². The number of aryl methyl sites for hydroxylation is 1. The molecule has 18 heavy (non-hydrogen) atoms. The molecule has 0 saturated carbocycles. The summed E-state index contributed by atoms with van der Waals surface area (Å²) in [6.07, 6.45) is 1.76. The van der Waals surface area contributed by atoms with Gasteiger partial charge in [-0.15, -0.1) is 0 Å². The van der Waals surface area contributed by atoms with Crippen LogP contribution in [0.25, 0.3) is 22.6 Å². The van der Waals surface area contributed by atoms with Gasteiger partial charge in [0.15, 0.2) is 5.65 Å². The van der Waals surface area contributed by atoms with Crippen LogP contribution >= 0.6 is 11.6 Å². The number of aromatic amines is 1. The van der Waals surface area contributed by atoms with Crippen LogP contribution in [0, 0.1) is 6.92 Å². The highest BCUT2D eigenvalue weighted by Crippen LogP contribution is 2.30. The van der Waals surface area contributed by atoms with Gasteiger partial charge in [-0.05, 0) is 36.8 Å². The zero-order chi connectivity index (χ0) is 12.7. The topological polar surface area (TPSA) is 61.8 Å². The smallest absolute Gasteiger partial charge is 0.178 e. The monoisotopic (exact) mass is 259 g/mol. The molecule has 90 valence electrons. The summed E-state index contributed by atoms with van der Waals surface area (Å²) in [6, 6.07) is 6.89. The fraction of sp³-hybridized carbons (Fsp3) is 0.0769. The van der Waals surface area contributed by atoms with E-state index in [-0.39, 0.29) is 5.75 Å². The highest BCUT2D eigenvalue weighted by atomic mass is 35.5. The molecule has 0 aliphatic heterocycles. The molecule has 2 N–H and O–H groups in total. The number of fused-ring (bicyclic) bond motifs is 1. The predicted molar refractivity (Wildman–Crippen MR) is 70.7 cm³/mol. The molecule has 0 radical (unpaired) electrons. The molecule has 0 atom stereocenters. The average Bonchev–Trinajstić information content (AvgIpc) is 2.71. The Balaban J connectivity index is 2.19. The highest BCUT2D eigenvalue weighted by Gasteiger charge is 2.10. The maximum atomic E-state index is 9.86. The molecule has 0 aliphatic carbocycles. The maximum absolute atomic E-state index is 9.86. The maximum Gasteiger partial charge on any atom is 0.178 e. The predicted octanol–water partition coefficient (Wildman–Crippen LogP) is 3.29. The molecule has 3 aromatic rings. The molecule has 3 rings (SSSR count). The van der Waals surface area contributed by atoms with Gasteiger partial charge in [-0.25, -0.2) is 9.97 Å². The Morgan fingerprint density at radius 3 is 2.89 bits per heavy atom. The number of hydrogen-bond donors (Lipinski definition) is 2. The number of phenols is 1. The lowest BCUT2D eigenvalue weighted by Gasteiger charge is -2.00. The molecule has 0 bridgehead atoms. The first-order valence-electron chi connectivity index (χ1n) is 5.45. The number of aromatic nitrogens is 3. The van der Waals surface area contributed by atoms with Crippen LogP contribution in [0.1, 0.15) is 5.56 Å². The van der Waals surface area contributed by atoms with Crippen LogP contribution in [0.3, 0.4) is 0 Å². The molecule has 0 saturated heterocycles. The first-order valence-corrected chi connectivity index (χ1v) is 5.82. The minimum absolute atomic E-state index is 0.0956. The summed E-state index contributed by atoms with van der Waals surface area (Å²) >= 11 is 5.80. The van der Waals surface area contributed by atoms with Gasteiger partial charge < -0.3 is 10.1 Å². The molecular formula is C13H10ClN3O. The fourth-order valence-electron chi connectivity index (χ4n) is 1.84. The molecular weight excluding hydrogens is 250 g/mol. The average molecular weight is 260 g/mol. The van der Waals surface area contributed by atoms with Gasteiger partial charge in [0, 0.05) is 11.2 Å². The number of aromatic hydroxyl groups is 1. The molecule has 5 heteroatoms. The summed E-state index contributed by atoms with van der Waals surface area (Å²) in [5.41, 5.74) is 3.14.